The molecule has 0 radical (unpaired) electrons. The minimum Gasteiger partial charge on any atom is -0.493 e. The van der Waals surface area contributed by atoms with Gasteiger partial charge in [0.2, 0.25) is 11.8 Å². The summed E-state index contributed by atoms with van der Waals surface area (Å²) in [4.78, 5) is 31.7. The molecule has 1 atom stereocenters. The number of pyridine rings is 1. The number of anilines is 1. The Labute approximate surface area is 234 Å². The summed E-state index contributed by atoms with van der Waals surface area (Å²) in [6.45, 7) is 4.84. The van der Waals surface area contributed by atoms with Crippen molar-refractivity contribution in [2.45, 2.75) is 50.3 Å². The van der Waals surface area contributed by atoms with Crippen LogP contribution in [0.1, 0.15) is 42.4 Å². The minimum atomic E-state index is -0.990. The summed E-state index contributed by atoms with van der Waals surface area (Å²) in [5.74, 6) is -3.58. The third-order valence-corrected chi connectivity index (χ3v) is 8.16. The van der Waals surface area contributed by atoms with Gasteiger partial charge in [-0.05, 0) is 42.9 Å². The number of methoxy groups -OCH3 is 2. The van der Waals surface area contributed by atoms with E-state index < -0.39 is 34.6 Å². The molecule has 2 fully saturated rings. The number of hydrogen-bond acceptors (Lipinski definition) is 7. The molecule has 12 heteroatoms. The van der Waals surface area contributed by atoms with Gasteiger partial charge < -0.3 is 24.8 Å². The molecule has 214 valence electrons. The van der Waals surface area contributed by atoms with Crippen LogP contribution in [0.15, 0.2) is 31.1 Å². The van der Waals surface area contributed by atoms with Crippen molar-refractivity contribution in [3.8, 4) is 22.9 Å². The molecule has 0 bridgehead atoms. The Balaban J connectivity index is 1.45. The van der Waals surface area contributed by atoms with E-state index in [-0.39, 0.29) is 29.7 Å². The molecule has 2 N–H and O–H groups in total. The van der Waals surface area contributed by atoms with Gasteiger partial charge >= 0.3 is 0 Å². The second kappa shape index (κ2) is 9.95. The van der Waals surface area contributed by atoms with Gasteiger partial charge in [0.25, 0.3) is 0 Å². The molecule has 10 nitrogen and oxygen atoms in total. The lowest BCUT2D eigenvalue weighted by atomic mass is 9.85. The second-order valence-corrected chi connectivity index (χ2v) is 10.5. The van der Waals surface area contributed by atoms with Crippen molar-refractivity contribution in [2.24, 2.45) is 5.73 Å². The summed E-state index contributed by atoms with van der Waals surface area (Å²) in [5, 5.41) is 4.49. The van der Waals surface area contributed by atoms with Gasteiger partial charge in [-0.15, -0.1) is 0 Å². The molecular weight excluding hydrogens is 536 g/mol. The quantitative estimate of drug-likeness (QED) is 0.415. The van der Waals surface area contributed by atoms with Crippen LogP contribution in [0.3, 0.4) is 0 Å². The number of benzene rings is 1. The van der Waals surface area contributed by atoms with Crippen LogP contribution in [0.4, 0.5) is 14.5 Å². The summed E-state index contributed by atoms with van der Waals surface area (Å²) < 4.78 is 48.5. The molecule has 1 spiro atoms. The van der Waals surface area contributed by atoms with Crippen LogP contribution in [0, 0.1) is 11.6 Å². The zero-order valence-electron chi connectivity index (χ0n) is 22.7. The molecule has 2 amide bonds. The maximum atomic E-state index is 15.4. The number of amides is 2. The highest BCUT2D eigenvalue weighted by atomic mass is 19.1. The standard InChI is InChI=1S/C29H29F2N5O5/c1-15(27(32)37)18-12-34-36(14-17-5-4-8-41-17)25(18)20-9-19-16(11-33-20)13-35(28(38)29(19)6-7-29)26-23(30)21(39-2)10-22(40-3)24(26)31/h9-12,17H,1,4-8,13-14H2,2-3H3,(H2,32,37)/t17-/m0/s1. The van der Waals surface area contributed by atoms with E-state index in [2.05, 4.69) is 16.7 Å². The van der Waals surface area contributed by atoms with Crippen molar-refractivity contribution < 1.29 is 32.6 Å². The van der Waals surface area contributed by atoms with Crippen LogP contribution in [0.2, 0.25) is 0 Å². The molecule has 41 heavy (non-hydrogen) atoms. The fourth-order valence-electron chi connectivity index (χ4n) is 5.83. The Morgan fingerprint density at radius 1 is 1.20 bits per heavy atom. The number of carbonyl (C=O) groups is 2. The number of nitrogens with two attached hydrogens (primary N) is 1. The van der Waals surface area contributed by atoms with Crippen molar-refractivity contribution in [1.29, 1.82) is 0 Å². The zero-order chi connectivity index (χ0) is 29.1. The first-order chi connectivity index (χ1) is 19.7. The van der Waals surface area contributed by atoms with Crippen LogP contribution < -0.4 is 20.1 Å². The maximum Gasteiger partial charge on any atom is 0.248 e. The first-order valence-electron chi connectivity index (χ1n) is 13.3. The van der Waals surface area contributed by atoms with Gasteiger partial charge in [0.1, 0.15) is 5.69 Å². The maximum absolute atomic E-state index is 15.4. The number of rotatable bonds is 8. The average Bonchev–Trinajstić information content (AvgIpc) is 3.38. The molecule has 6 rings (SSSR count). The average molecular weight is 566 g/mol. The summed E-state index contributed by atoms with van der Waals surface area (Å²) in [5.41, 5.74) is 6.95. The van der Waals surface area contributed by atoms with Gasteiger partial charge in [-0.1, -0.05) is 6.58 Å². The fraction of sp³-hybridized carbons (Fsp3) is 0.379. The third-order valence-electron chi connectivity index (χ3n) is 8.16. The summed E-state index contributed by atoms with van der Waals surface area (Å²) in [7, 11) is 2.51. The van der Waals surface area contributed by atoms with Crippen molar-refractivity contribution in [1.82, 2.24) is 14.8 Å². The second-order valence-electron chi connectivity index (χ2n) is 10.5. The smallest absolute Gasteiger partial charge is 0.248 e. The molecule has 2 aromatic heterocycles. The monoisotopic (exact) mass is 565 g/mol. The van der Waals surface area contributed by atoms with Crippen molar-refractivity contribution in [2.75, 3.05) is 25.7 Å². The number of halogens is 2. The van der Waals surface area contributed by atoms with Gasteiger partial charge in [0.05, 0.1) is 56.4 Å². The molecule has 4 heterocycles. The molecule has 2 aliphatic heterocycles. The molecule has 3 aromatic rings. The number of hydrogen-bond donors (Lipinski definition) is 1. The highest BCUT2D eigenvalue weighted by molar-refractivity contribution is 6.19. The number of carbonyl (C=O) groups excluding carboxylic acids is 2. The van der Waals surface area contributed by atoms with E-state index >= 15 is 8.78 Å². The van der Waals surface area contributed by atoms with Gasteiger partial charge in [-0.2, -0.15) is 5.10 Å². The van der Waals surface area contributed by atoms with E-state index in [1.807, 2.05) is 0 Å². The molecule has 0 unspecified atom stereocenters. The lowest BCUT2D eigenvalue weighted by molar-refractivity contribution is -0.121. The largest absolute Gasteiger partial charge is 0.493 e. The van der Waals surface area contributed by atoms with E-state index in [4.69, 9.17) is 19.9 Å². The first kappa shape index (κ1) is 26.9. The topological polar surface area (TPSA) is 122 Å². The lowest BCUT2D eigenvalue weighted by Crippen LogP contribution is -2.45. The van der Waals surface area contributed by atoms with Gasteiger partial charge in [-0.3, -0.25) is 19.3 Å². The van der Waals surface area contributed by atoms with Crippen LogP contribution in [-0.2, 0) is 32.8 Å². The van der Waals surface area contributed by atoms with E-state index in [0.29, 0.717) is 48.5 Å². The predicted molar refractivity (Wildman–Crippen MR) is 144 cm³/mol. The van der Waals surface area contributed by atoms with Gasteiger partial charge in [-0.25, -0.2) is 8.78 Å². The lowest BCUT2D eigenvalue weighted by Gasteiger charge is -2.35. The van der Waals surface area contributed by atoms with Crippen LogP contribution in [0.5, 0.6) is 11.5 Å². The number of fused-ring (bicyclic) bond motifs is 2. The summed E-state index contributed by atoms with van der Waals surface area (Å²) in [6.07, 6.45) is 5.89. The van der Waals surface area contributed by atoms with E-state index in [0.717, 1.165) is 29.4 Å². The van der Waals surface area contributed by atoms with Crippen LogP contribution in [0.25, 0.3) is 17.0 Å². The number of primary amides is 1. The Morgan fingerprint density at radius 2 is 1.90 bits per heavy atom. The normalized spacial score (nSPS) is 18.9. The molecule has 1 saturated heterocycles. The Kier molecular flexibility index (Phi) is 6.52. The van der Waals surface area contributed by atoms with Gasteiger partial charge in [0, 0.05) is 30.0 Å². The van der Waals surface area contributed by atoms with E-state index in [1.165, 1.54) is 20.4 Å². The summed E-state index contributed by atoms with van der Waals surface area (Å²) in [6, 6.07) is 2.91. The third kappa shape index (κ3) is 4.24. The van der Waals surface area contributed by atoms with Crippen molar-refractivity contribution >= 4 is 23.1 Å². The molecule has 3 aliphatic rings. The Bertz CT molecular complexity index is 1560. The number of aromatic nitrogens is 3. The molecule has 1 aromatic carbocycles. The van der Waals surface area contributed by atoms with Crippen molar-refractivity contribution in [3.05, 3.63) is 59.4 Å². The highest BCUT2D eigenvalue weighted by Crippen LogP contribution is 2.55. The van der Waals surface area contributed by atoms with E-state index in [1.54, 1.807) is 16.9 Å². The van der Waals surface area contributed by atoms with Crippen LogP contribution in [-0.4, -0.2) is 53.5 Å². The highest BCUT2D eigenvalue weighted by Gasteiger charge is 2.57. The Morgan fingerprint density at radius 3 is 2.49 bits per heavy atom. The SMILES string of the molecule is C=C(C(N)=O)c1cnn(C[C@@H]2CCCO2)c1-c1cc2c(cn1)CN(c1c(F)c(OC)cc(OC)c1F)C(=O)C21CC1. The van der Waals surface area contributed by atoms with Crippen LogP contribution >= 0.6 is 0 Å². The number of nitrogens with zero attached hydrogens (tertiary/aromatic N) is 4. The summed E-state index contributed by atoms with van der Waals surface area (Å²) >= 11 is 0. The van der Waals surface area contributed by atoms with Crippen molar-refractivity contribution in [3.63, 3.8) is 0 Å². The van der Waals surface area contributed by atoms with Gasteiger partial charge in [0.15, 0.2) is 23.1 Å². The van der Waals surface area contributed by atoms with E-state index in [9.17, 15) is 9.59 Å². The Hall–Kier alpha value is -4.32. The molecule has 1 aliphatic carbocycles. The predicted octanol–water partition coefficient (Wildman–Crippen LogP) is 3.50. The minimum absolute atomic E-state index is 0.0458. The number of ether oxygens (including phenoxy) is 3. The first-order valence-corrected chi connectivity index (χ1v) is 13.3. The fourth-order valence-corrected chi connectivity index (χ4v) is 5.83. The zero-order valence-corrected chi connectivity index (χ0v) is 22.7. The molecular formula is C29H29F2N5O5. The molecule has 1 saturated carbocycles.